The first kappa shape index (κ1) is 25.8. The molecule has 0 radical (unpaired) electrons. The molecule has 35 heavy (non-hydrogen) atoms. The summed E-state index contributed by atoms with van der Waals surface area (Å²) in [6.07, 6.45) is 4.57. The fraction of sp³-hybridized carbons (Fsp3) is 0.333. The number of aromatic amines is 1. The Hall–Kier alpha value is -3.86. The smallest absolute Gasteiger partial charge is 0.410 e. The van der Waals surface area contributed by atoms with Crippen LogP contribution < -0.4 is 16.8 Å². The summed E-state index contributed by atoms with van der Waals surface area (Å²) >= 11 is 1.36. The average Bonchev–Trinajstić information content (AvgIpc) is 3.44. The van der Waals surface area contributed by atoms with Crippen molar-refractivity contribution < 1.29 is 14.3 Å². The van der Waals surface area contributed by atoms with Crippen LogP contribution in [0.25, 0.3) is 11.0 Å². The van der Waals surface area contributed by atoms with Crippen LogP contribution in [0.5, 0.6) is 0 Å². The van der Waals surface area contributed by atoms with Crippen molar-refractivity contribution in [2.24, 2.45) is 11.5 Å². The van der Waals surface area contributed by atoms with Crippen LogP contribution in [-0.2, 0) is 17.7 Å². The van der Waals surface area contributed by atoms with Crippen LogP contribution in [-0.4, -0.2) is 50.5 Å². The van der Waals surface area contributed by atoms with Crippen LogP contribution >= 0.6 is 11.3 Å². The largest absolute Gasteiger partial charge is 0.444 e. The van der Waals surface area contributed by atoms with E-state index >= 15 is 0 Å². The summed E-state index contributed by atoms with van der Waals surface area (Å²) in [5.74, 6) is 0.332. The zero-order valence-electron chi connectivity index (χ0n) is 20.1. The fourth-order valence-corrected chi connectivity index (χ4v) is 3.86. The van der Waals surface area contributed by atoms with E-state index in [1.807, 2.05) is 45.0 Å². The average molecular weight is 498 g/mol. The second-order valence-corrected chi connectivity index (χ2v) is 9.73. The van der Waals surface area contributed by atoms with Crippen molar-refractivity contribution in [1.82, 2.24) is 25.2 Å². The van der Waals surface area contributed by atoms with Gasteiger partial charge in [-0.3, -0.25) is 4.79 Å². The number of ether oxygens (including phenoxy) is 1. The van der Waals surface area contributed by atoms with Gasteiger partial charge in [0.25, 0.3) is 5.91 Å². The minimum Gasteiger partial charge on any atom is -0.444 e. The van der Waals surface area contributed by atoms with Crippen LogP contribution in [0.15, 0.2) is 53.7 Å². The number of hydrogen-bond donors (Lipinski definition) is 4. The molecule has 2 heterocycles. The zero-order valence-corrected chi connectivity index (χ0v) is 20.9. The number of rotatable bonds is 9. The normalized spacial score (nSPS) is 12.3. The maximum absolute atomic E-state index is 12.9. The van der Waals surface area contributed by atoms with Gasteiger partial charge in [-0.15, -0.1) is 11.3 Å². The number of para-hydroxylation sites is 2. The number of H-pyrrole nitrogens is 1. The summed E-state index contributed by atoms with van der Waals surface area (Å²) in [5, 5.41) is 5.12. The lowest BCUT2D eigenvalue weighted by atomic mass is 10.2. The number of carbonyl (C=O) groups is 2. The summed E-state index contributed by atoms with van der Waals surface area (Å²) in [6, 6.07) is 7.68. The van der Waals surface area contributed by atoms with Crippen LogP contribution in [0.4, 0.5) is 4.79 Å². The predicted molar refractivity (Wildman–Crippen MR) is 136 cm³/mol. The molecule has 0 aliphatic carbocycles. The summed E-state index contributed by atoms with van der Waals surface area (Å²) < 4.78 is 5.59. The highest BCUT2D eigenvalue weighted by Crippen LogP contribution is 2.17. The molecule has 0 atom stereocenters. The van der Waals surface area contributed by atoms with Crippen LogP contribution in [0.3, 0.4) is 0 Å². The number of nitrogens with two attached hydrogens (primary N) is 2. The molecule has 1 aromatic carbocycles. The maximum Gasteiger partial charge on any atom is 0.410 e. The van der Waals surface area contributed by atoms with Crippen LogP contribution in [0.2, 0.25) is 0 Å². The number of hydrogen-bond acceptors (Lipinski definition) is 8. The second kappa shape index (κ2) is 11.5. The molecular weight excluding hydrogens is 466 g/mol. The number of thiazole rings is 1. The molecular formula is C24H31N7O3S. The lowest BCUT2D eigenvalue weighted by molar-refractivity contribution is 0.0231. The Kier molecular flexibility index (Phi) is 8.48. The molecule has 0 spiro atoms. The van der Waals surface area contributed by atoms with Gasteiger partial charge >= 0.3 is 6.09 Å². The molecule has 186 valence electrons. The lowest BCUT2D eigenvalue weighted by Crippen LogP contribution is -2.38. The third-order valence-electron chi connectivity index (χ3n) is 4.69. The third-order valence-corrected chi connectivity index (χ3v) is 5.59. The molecule has 3 rings (SSSR count). The summed E-state index contributed by atoms with van der Waals surface area (Å²) in [4.78, 5) is 39.1. The number of aromatic nitrogens is 3. The molecule has 3 aromatic rings. The maximum atomic E-state index is 12.9. The first-order chi connectivity index (χ1) is 16.6. The van der Waals surface area contributed by atoms with Gasteiger partial charge in [-0.05, 0) is 51.3 Å². The number of carbonyl (C=O) groups excluding carboxylic acids is 2. The molecule has 0 saturated heterocycles. The Labute approximate surface area is 208 Å². The highest BCUT2D eigenvalue weighted by Gasteiger charge is 2.24. The summed E-state index contributed by atoms with van der Waals surface area (Å²) in [6.45, 7) is 6.26. The second-order valence-electron chi connectivity index (χ2n) is 8.79. The van der Waals surface area contributed by atoms with Crippen molar-refractivity contribution >= 4 is 34.4 Å². The van der Waals surface area contributed by atoms with E-state index < -0.39 is 11.7 Å². The highest BCUT2D eigenvalue weighted by molar-refractivity contribution is 7.09. The Morgan fingerprint density at radius 3 is 2.74 bits per heavy atom. The first-order valence-electron chi connectivity index (χ1n) is 11.1. The number of nitrogens with zero attached hydrogens (tertiary/aromatic N) is 3. The minimum atomic E-state index is -0.633. The molecule has 10 nitrogen and oxygen atoms in total. The monoisotopic (exact) mass is 497 g/mol. The molecule has 0 saturated carbocycles. The Morgan fingerprint density at radius 2 is 2.03 bits per heavy atom. The van der Waals surface area contributed by atoms with E-state index in [4.69, 9.17) is 16.2 Å². The van der Waals surface area contributed by atoms with Crippen molar-refractivity contribution in [3.63, 3.8) is 0 Å². The van der Waals surface area contributed by atoms with E-state index in [2.05, 4.69) is 20.3 Å². The number of imidazole rings is 1. The SMILES string of the molecule is CC(C)(C)OC(=O)N(CCc1nc(C(=O)NC/C(N)=C/C=C\N)cs1)Cc1nc2ccccc2[nH]1. The van der Waals surface area contributed by atoms with Gasteiger partial charge in [0.2, 0.25) is 0 Å². The van der Waals surface area contributed by atoms with E-state index in [9.17, 15) is 9.59 Å². The van der Waals surface area contributed by atoms with Gasteiger partial charge in [0.05, 0.1) is 29.1 Å². The topological polar surface area (TPSA) is 152 Å². The van der Waals surface area contributed by atoms with E-state index in [0.717, 1.165) is 16.0 Å². The highest BCUT2D eigenvalue weighted by atomic mass is 32.1. The van der Waals surface area contributed by atoms with Crippen molar-refractivity contribution in [1.29, 1.82) is 0 Å². The van der Waals surface area contributed by atoms with Gasteiger partial charge < -0.3 is 31.4 Å². The molecule has 0 unspecified atom stereocenters. The number of allylic oxidation sites excluding steroid dienone is 2. The van der Waals surface area contributed by atoms with Gasteiger partial charge in [-0.2, -0.15) is 0 Å². The van der Waals surface area contributed by atoms with Crippen molar-refractivity contribution in [2.45, 2.75) is 39.3 Å². The molecule has 0 aliphatic rings. The van der Waals surface area contributed by atoms with E-state index in [1.54, 1.807) is 22.4 Å². The van der Waals surface area contributed by atoms with Crippen molar-refractivity contribution in [3.8, 4) is 0 Å². The van der Waals surface area contributed by atoms with Crippen molar-refractivity contribution in [3.05, 3.63) is 70.2 Å². The molecule has 0 aliphatic heterocycles. The molecule has 6 N–H and O–H groups in total. The zero-order chi connectivity index (χ0) is 25.4. The van der Waals surface area contributed by atoms with Gasteiger partial charge in [-0.25, -0.2) is 14.8 Å². The molecule has 11 heteroatoms. The number of benzene rings is 1. The Bertz CT molecular complexity index is 1190. The standard InChI is InChI=1S/C24H31N7O3S/c1-24(2,3)34-23(33)31(14-20-28-17-8-4-5-9-18(17)29-20)12-10-21-30-19(15-35-21)22(32)27-13-16(26)7-6-11-25/h4-9,11,15H,10,12-14,25-26H2,1-3H3,(H,27,32)(H,28,29)/b11-6-,16-7-. The molecule has 2 aromatic heterocycles. The molecule has 0 bridgehead atoms. The van der Waals surface area contributed by atoms with E-state index in [1.165, 1.54) is 17.5 Å². The minimum absolute atomic E-state index is 0.181. The number of fused-ring (bicyclic) bond motifs is 1. The molecule has 0 fully saturated rings. The van der Waals surface area contributed by atoms with Crippen LogP contribution in [0.1, 0.15) is 42.1 Å². The van der Waals surface area contributed by atoms with Gasteiger partial charge in [0.15, 0.2) is 0 Å². The number of amides is 2. The molecule has 2 amide bonds. The fourth-order valence-electron chi connectivity index (χ4n) is 3.09. The predicted octanol–water partition coefficient (Wildman–Crippen LogP) is 3.04. The number of nitrogens with one attached hydrogen (secondary N) is 2. The quantitative estimate of drug-likeness (QED) is 0.332. The third kappa shape index (κ3) is 7.85. The first-order valence-corrected chi connectivity index (χ1v) is 12.0. The lowest BCUT2D eigenvalue weighted by Gasteiger charge is -2.26. The van der Waals surface area contributed by atoms with Crippen molar-refractivity contribution in [2.75, 3.05) is 13.1 Å². The van der Waals surface area contributed by atoms with Gasteiger partial charge in [0.1, 0.15) is 17.1 Å². The van der Waals surface area contributed by atoms with Gasteiger partial charge in [0, 0.05) is 24.0 Å². The summed E-state index contributed by atoms with van der Waals surface area (Å²) in [5.41, 5.74) is 12.9. The van der Waals surface area contributed by atoms with E-state index in [0.29, 0.717) is 30.2 Å². The van der Waals surface area contributed by atoms with Crippen LogP contribution in [0, 0.1) is 0 Å². The van der Waals surface area contributed by atoms with Gasteiger partial charge in [-0.1, -0.05) is 12.1 Å². The summed E-state index contributed by atoms with van der Waals surface area (Å²) in [7, 11) is 0. The Morgan fingerprint density at radius 1 is 1.26 bits per heavy atom. The Balaban J connectivity index is 1.65. The van der Waals surface area contributed by atoms with E-state index in [-0.39, 0.29) is 19.0 Å².